The first-order valence-corrected chi connectivity index (χ1v) is 30.1. The third-order valence-corrected chi connectivity index (χ3v) is 15.8. The number of fused-ring (bicyclic) bond motifs is 2. The van der Waals surface area contributed by atoms with Gasteiger partial charge in [-0.05, 0) is 113 Å². The molecule has 8 rings (SSSR count). The summed E-state index contributed by atoms with van der Waals surface area (Å²) in [5, 5.41) is 19.0. The van der Waals surface area contributed by atoms with E-state index in [9.17, 15) is 28.8 Å². The Bertz CT molecular complexity index is 3160. The molecule has 0 bridgehead atoms. The number of amides is 8. The van der Waals surface area contributed by atoms with Crippen LogP contribution < -0.4 is 43.4 Å². The molecule has 0 spiro atoms. The van der Waals surface area contributed by atoms with E-state index >= 15 is 9.59 Å². The Balaban J connectivity index is 1.07. The molecule has 0 aliphatic carbocycles. The first-order valence-electron chi connectivity index (χ1n) is 30.1. The van der Waals surface area contributed by atoms with E-state index in [4.69, 9.17) is 21.4 Å². The van der Waals surface area contributed by atoms with Crippen molar-refractivity contribution in [1.82, 2.24) is 51.7 Å². The predicted octanol–water partition coefficient (Wildman–Crippen LogP) is 4.51. The molecule has 20 nitrogen and oxygen atoms in total. The summed E-state index contributed by atoms with van der Waals surface area (Å²) in [5.41, 5.74) is 16.1. The largest absolute Gasteiger partial charge is 0.354 e. The summed E-state index contributed by atoms with van der Waals surface area (Å²) in [6, 6.07) is 30.5. The second-order valence-electron chi connectivity index (χ2n) is 21.8. The average Bonchev–Trinajstić information content (AvgIpc) is 2.21. The molecule has 6 aromatic rings. The molecular weight excluding hydrogens is 1090 g/mol. The van der Waals surface area contributed by atoms with Gasteiger partial charge in [0, 0.05) is 49.8 Å². The normalized spacial score (nSPS) is 16.3. The van der Waals surface area contributed by atoms with Crippen molar-refractivity contribution in [2.45, 2.75) is 127 Å². The Morgan fingerprint density at radius 1 is 0.523 bits per heavy atom. The molecule has 0 unspecified atom stereocenters. The van der Waals surface area contributed by atoms with Gasteiger partial charge >= 0.3 is 0 Å². The lowest BCUT2D eigenvalue weighted by Crippen LogP contribution is -2.56. The van der Waals surface area contributed by atoms with Gasteiger partial charge in [-0.25, -0.2) is 0 Å². The van der Waals surface area contributed by atoms with Gasteiger partial charge in [0.15, 0.2) is 0 Å². The molecule has 0 radical (unpaired) electrons. The average molecular weight is 1170 g/mol. The molecule has 2 aliphatic heterocycles. The first-order chi connectivity index (χ1) is 41.8. The van der Waals surface area contributed by atoms with Gasteiger partial charge in [-0.1, -0.05) is 123 Å². The number of carbonyl (C=O) groups is 8. The summed E-state index contributed by atoms with van der Waals surface area (Å²) in [6.07, 6.45) is 6.96. The number of hydrogen-bond acceptors (Lipinski definition) is 12. The van der Waals surface area contributed by atoms with Crippen molar-refractivity contribution >= 4 is 69.1 Å². The van der Waals surface area contributed by atoms with Gasteiger partial charge in [0.2, 0.25) is 35.4 Å². The van der Waals surface area contributed by atoms with Gasteiger partial charge in [0.25, 0.3) is 11.8 Å². The molecule has 2 fully saturated rings. The number of hydrogen-bond donors (Lipinski definition) is 8. The molecule has 4 aromatic carbocycles. The first kappa shape index (κ1) is 63.1. The number of aryl methyl sites for hydroxylation is 2. The summed E-state index contributed by atoms with van der Waals surface area (Å²) in [5.74, 6) is -4.01. The summed E-state index contributed by atoms with van der Waals surface area (Å²) in [4.78, 5) is 128. The SMILES string of the molecule is CCc1nc2ccccc2cc1C(=O)N[C@@H](C/C=C\C[C@H](NC(=O)c1cc2ccccc2nc1CC)C(=O)N1CCC[C@H]1C(=O)N[C@@H](Cc1ccccc1)C(=O)NCCCN)C(=O)N1CCC[C@H]1C(=O)N[C@@H](Cc1ccccc1)C(=O)NCCCN. The lowest BCUT2D eigenvalue weighted by molar-refractivity contribution is -0.140. The lowest BCUT2D eigenvalue weighted by atomic mass is 10.0. The van der Waals surface area contributed by atoms with Crippen LogP contribution in [0.25, 0.3) is 21.8 Å². The summed E-state index contributed by atoms with van der Waals surface area (Å²) in [6.45, 7) is 5.53. The monoisotopic (exact) mass is 1170 g/mol. The van der Waals surface area contributed by atoms with Crippen molar-refractivity contribution < 1.29 is 38.4 Å². The minimum atomic E-state index is -1.24. The molecule has 4 heterocycles. The number of benzene rings is 4. The molecule has 86 heavy (non-hydrogen) atoms. The van der Waals surface area contributed by atoms with Crippen molar-refractivity contribution in [3.05, 3.63) is 167 Å². The number of nitrogens with zero attached hydrogens (tertiary/aromatic N) is 4. The van der Waals surface area contributed by atoms with Crippen LogP contribution in [-0.4, -0.2) is 143 Å². The van der Waals surface area contributed by atoms with Crippen LogP contribution in [-0.2, 0) is 54.5 Å². The van der Waals surface area contributed by atoms with Gasteiger partial charge in [-0.2, -0.15) is 0 Å². The van der Waals surface area contributed by atoms with Crippen molar-refractivity contribution in [2.75, 3.05) is 39.3 Å². The Morgan fingerprint density at radius 3 is 1.29 bits per heavy atom. The van der Waals surface area contributed by atoms with E-state index in [1.807, 2.05) is 123 Å². The van der Waals surface area contributed by atoms with E-state index < -0.39 is 71.7 Å². The molecule has 8 amide bonds. The zero-order valence-electron chi connectivity index (χ0n) is 49.1. The highest BCUT2D eigenvalue weighted by atomic mass is 16.2. The second kappa shape index (κ2) is 31.3. The maximum Gasteiger partial charge on any atom is 0.253 e. The van der Waals surface area contributed by atoms with Crippen LogP contribution >= 0.6 is 0 Å². The predicted molar refractivity (Wildman–Crippen MR) is 330 cm³/mol. The van der Waals surface area contributed by atoms with Crippen molar-refractivity contribution in [2.24, 2.45) is 11.5 Å². The maximum absolute atomic E-state index is 15.1. The summed E-state index contributed by atoms with van der Waals surface area (Å²) < 4.78 is 0. The Morgan fingerprint density at radius 2 is 0.907 bits per heavy atom. The molecule has 2 saturated heterocycles. The van der Waals surface area contributed by atoms with Gasteiger partial charge in [0.1, 0.15) is 36.3 Å². The van der Waals surface area contributed by atoms with E-state index in [0.29, 0.717) is 100.0 Å². The van der Waals surface area contributed by atoms with E-state index in [2.05, 4.69) is 31.9 Å². The summed E-state index contributed by atoms with van der Waals surface area (Å²) >= 11 is 0. The maximum atomic E-state index is 15.1. The van der Waals surface area contributed by atoms with Crippen LogP contribution in [0.15, 0.2) is 133 Å². The number of pyridine rings is 2. The number of nitrogens with one attached hydrogen (secondary N) is 6. The van der Waals surface area contributed by atoms with E-state index in [1.165, 1.54) is 9.80 Å². The van der Waals surface area contributed by atoms with Crippen LogP contribution in [0.4, 0.5) is 0 Å². The Labute approximate surface area is 502 Å². The van der Waals surface area contributed by atoms with Gasteiger partial charge < -0.3 is 53.2 Å². The standard InChI is InChI=1S/C66H80N12O8/c1-3-49-47(41-45-25-11-13-27-51(45)71-49)59(79)73-53(65(85)77-37-17-31-57(77)63(83)75-55(61(81)69-35-19-33-67)39-43-21-7-5-8-22-43)29-15-16-30-54(74-60(80)48-42-46-26-12-14-28-52(46)72-50(48)4-2)66(86)78-38-18-32-58(78)64(84)76-56(62(82)70-36-20-34-68)40-44-23-9-6-10-24-44/h5-16,21-28,41-42,53-58H,3-4,17-20,29-40,67-68H2,1-2H3,(H,69,81)(H,70,82)(H,73,79)(H,74,80)(H,75,83)(H,76,84)/b16-15-/t53-,54-,55-,56-,57-,58-/m0/s1. The fourth-order valence-corrected chi connectivity index (χ4v) is 11.2. The van der Waals surface area contributed by atoms with Crippen LogP contribution in [0, 0.1) is 0 Å². The number of likely N-dealkylation sites (tertiary alicyclic amines) is 2. The molecule has 2 aromatic heterocycles. The fraction of sp³-hybridized carbons (Fsp3) is 0.394. The van der Waals surface area contributed by atoms with E-state index in [1.54, 1.807) is 24.3 Å². The Kier molecular flexibility index (Phi) is 23.0. The Hall–Kier alpha value is -8.88. The lowest BCUT2D eigenvalue weighted by Gasteiger charge is -2.30. The van der Waals surface area contributed by atoms with E-state index in [-0.39, 0.29) is 61.7 Å². The van der Waals surface area contributed by atoms with Gasteiger partial charge in [0.05, 0.1) is 33.5 Å². The highest BCUT2D eigenvalue weighted by Gasteiger charge is 2.41. The van der Waals surface area contributed by atoms with Gasteiger partial charge in [-0.3, -0.25) is 48.3 Å². The van der Waals surface area contributed by atoms with Crippen molar-refractivity contribution in [1.29, 1.82) is 0 Å². The molecule has 2 aliphatic rings. The molecule has 6 atom stereocenters. The third-order valence-electron chi connectivity index (χ3n) is 15.8. The fourth-order valence-electron chi connectivity index (χ4n) is 11.2. The van der Waals surface area contributed by atoms with Crippen molar-refractivity contribution in [3.63, 3.8) is 0 Å². The zero-order chi connectivity index (χ0) is 61.0. The van der Waals surface area contributed by atoms with E-state index in [0.717, 1.165) is 21.9 Å². The third kappa shape index (κ3) is 16.5. The number of rotatable bonds is 28. The zero-order valence-corrected chi connectivity index (χ0v) is 49.1. The molecule has 452 valence electrons. The smallest absolute Gasteiger partial charge is 0.253 e. The molecule has 0 saturated carbocycles. The quantitative estimate of drug-likeness (QED) is 0.0249. The number of aromatic nitrogens is 2. The van der Waals surface area contributed by atoms with Gasteiger partial charge in [-0.15, -0.1) is 0 Å². The highest BCUT2D eigenvalue weighted by molar-refractivity contribution is 6.03. The number of para-hydroxylation sites is 2. The molecule has 10 N–H and O–H groups in total. The topological polar surface area (TPSA) is 293 Å². The van der Waals surface area contributed by atoms with Crippen molar-refractivity contribution in [3.8, 4) is 0 Å². The van der Waals surface area contributed by atoms with Crippen LogP contribution in [0.5, 0.6) is 0 Å². The number of nitrogens with two attached hydrogens (primary N) is 2. The summed E-state index contributed by atoms with van der Waals surface area (Å²) in [7, 11) is 0. The number of carbonyl (C=O) groups excluding carboxylic acids is 8. The van der Waals surface area contributed by atoms with Crippen LogP contribution in [0.3, 0.4) is 0 Å². The minimum absolute atomic E-state index is 0.105. The molecule has 20 heteroatoms. The van der Waals surface area contributed by atoms with Crippen LogP contribution in [0.2, 0.25) is 0 Å². The second-order valence-corrected chi connectivity index (χ2v) is 21.8. The molecular formula is C66H80N12O8. The van der Waals surface area contributed by atoms with Crippen LogP contribution in [0.1, 0.15) is 108 Å². The minimum Gasteiger partial charge on any atom is -0.354 e. The highest BCUT2D eigenvalue weighted by Crippen LogP contribution is 2.25.